The molecule has 1 aliphatic rings. The maximum Gasteiger partial charge on any atom is 0.339 e. The van der Waals surface area contributed by atoms with E-state index in [2.05, 4.69) is 10.3 Å². The predicted molar refractivity (Wildman–Crippen MR) is 104 cm³/mol. The van der Waals surface area contributed by atoms with Gasteiger partial charge in [-0.2, -0.15) is 0 Å². The topological polar surface area (TPSA) is 68.3 Å². The number of hydrogen-bond acceptors (Lipinski definition) is 4. The van der Waals surface area contributed by atoms with Crippen molar-refractivity contribution in [3.05, 3.63) is 71.2 Å². The van der Waals surface area contributed by atoms with Crippen LogP contribution >= 0.6 is 0 Å². The minimum atomic E-state index is -1.03. The number of halogens is 1. The van der Waals surface area contributed by atoms with Crippen molar-refractivity contribution in [2.24, 2.45) is 0 Å². The molecule has 3 aromatic rings. The minimum Gasteiger partial charge on any atom is -0.449 e. The zero-order valence-electron chi connectivity index (χ0n) is 15.4. The van der Waals surface area contributed by atoms with E-state index in [0.29, 0.717) is 11.3 Å². The number of aromatic nitrogens is 1. The van der Waals surface area contributed by atoms with E-state index in [1.165, 1.54) is 25.1 Å². The first-order valence-corrected chi connectivity index (χ1v) is 9.21. The van der Waals surface area contributed by atoms with E-state index >= 15 is 0 Å². The van der Waals surface area contributed by atoms with Crippen molar-refractivity contribution in [3.63, 3.8) is 0 Å². The number of para-hydroxylation sites is 1. The second kappa shape index (κ2) is 7.38. The number of hydrogen-bond donors (Lipinski definition) is 1. The number of amides is 1. The van der Waals surface area contributed by atoms with Crippen LogP contribution < -0.4 is 5.32 Å². The first-order valence-electron chi connectivity index (χ1n) is 9.21. The van der Waals surface area contributed by atoms with E-state index < -0.39 is 23.8 Å². The molecule has 0 aliphatic heterocycles. The van der Waals surface area contributed by atoms with E-state index in [9.17, 15) is 14.0 Å². The van der Waals surface area contributed by atoms with Gasteiger partial charge in [0.15, 0.2) is 6.10 Å². The highest BCUT2D eigenvalue weighted by molar-refractivity contribution is 6.06. The second-order valence-corrected chi connectivity index (χ2v) is 6.83. The van der Waals surface area contributed by atoms with Crippen LogP contribution in [0.1, 0.15) is 35.0 Å². The SMILES string of the molecule is C[C@@H](OC(=O)c1c2c(nc3ccccc13)CCC2)C(=O)Nc1cccc(F)c1. The van der Waals surface area contributed by atoms with Gasteiger partial charge in [-0.1, -0.05) is 24.3 Å². The maximum atomic E-state index is 13.3. The zero-order valence-corrected chi connectivity index (χ0v) is 15.4. The van der Waals surface area contributed by atoms with Crippen LogP contribution in [-0.2, 0) is 22.4 Å². The van der Waals surface area contributed by atoms with Crippen molar-refractivity contribution >= 4 is 28.5 Å². The van der Waals surface area contributed by atoms with Crippen molar-refractivity contribution in [2.45, 2.75) is 32.3 Å². The summed E-state index contributed by atoms with van der Waals surface area (Å²) in [6, 6.07) is 13.0. The number of aryl methyl sites for hydroxylation is 1. The number of ether oxygens (including phenoxy) is 1. The van der Waals surface area contributed by atoms with Gasteiger partial charge in [0, 0.05) is 16.8 Å². The average molecular weight is 378 g/mol. The number of rotatable bonds is 4. The van der Waals surface area contributed by atoms with Crippen molar-refractivity contribution in [1.82, 2.24) is 4.98 Å². The maximum absolute atomic E-state index is 13.3. The standard InChI is InChI=1S/C22H19FN2O3/c1-13(21(26)24-15-7-4-6-14(23)12-15)28-22(27)20-16-8-2-3-10-18(16)25-19-11-5-9-17(19)20/h2-4,6-8,10,12-13H,5,9,11H2,1H3,(H,24,26)/t13-/m1/s1. The van der Waals surface area contributed by atoms with Crippen LogP contribution in [0, 0.1) is 5.82 Å². The fourth-order valence-corrected chi connectivity index (χ4v) is 3.53. The Balaban J connectivity index is 1.58. The first-order chi connectivity index (χ1) is 13.5. The van der Waals surface area contributed by atoms with E-state index in [4.69, 9.17) is 4.74 Å². The number of anilines is 1. The largest absolute Gasteiger partial charge is 0.449 e. The summed E-state index contributed by atoms with van der Waals surface area (Å²) in [6.07, 6.45) is 1.51. The van der Waals surface area contributed by atoms with Gasteiger partial charge in [-0.3, -0.25) is 9.78 Å². The summed E-state index contributed by atoms with van der Waals surface area (Å²) in [6.45, 7) is 1.50. The third-order valence-electron chi connectivity index (χ3n) is 4.87. The Morgan fingerprint density at radius 3 is 2.79 bits per heavy atom. The van der Waals surface area contributed by atoms with Crippen molar-refractivity contribution in [3.8, 4) is 0 Å². The fourth-order valence-electron chi connectivity index (χ4n) is 3.53. The number of pyridine rings is 1. The molecule has 5 nitrogen and oxygen atoms in total. The molecule has 1 atom stereocenters. The predicted octanol–water partition coefficient (Wildman–Crippen LogP) is 4.05. The molecule has 142 valence electrons. The molecule has 1 heterocycles. The van der Waals surface area contributed by atoms with Gasteiger partial charge < -0.3 is 10.1 Å². The summed E-state index contributed by atoms with van der Waals surface area (Å²) in [5.41, 5.74) is 3.36. The Morgan fingerprint density at radius 1 is 1.14 bits per heavy atom. The summed E-state index contributed by atoms with van der Waals surface area (Å²) in [5.74, 6) is -1.52. The summed E-state index contributed by atoms with van der Waals surface area (Å²) in [5, 5.41) is 3.29. The molecule has 0 fully saturated rings. The molecular weight excluding hydrogens is 359 g/mol. The summed E-state index contributed by atoms with van der Waals surface area (Å²) in [7, 11) is 0. The van der Waals surface area contributed by atoms with Gasteiger partial charge in [0.25, 0.3) is 5.91 Å². The lowest BCUT2D eigenvalue weighted by molar-refractivity contribution is -0.123. The van der Waals surface area contributed by atoms with Crippen molar-refractivity contribution < 1.29 is 18.7 Å². The normalized spacial score (nSPS) is 13.8. The van der Waals surface area contributed by atoms with Gasteiger partial charge >= 0.3 is 5.97 Å². The van der Waals surface area contributed by atoms with Crippen LogP contribution in [0.15, 0.2) is 48.5 Å². The van der Waals surface area contributed by atoms with Gasteiger partial charge in [0.1, 0.15) is 5.82 Å². The minimum absolute atomic E-state index is 0.308. The Morgan fingerprint density at radius 2 is 1.96 bits per heavy atom. The number of nitrogens with zero attached hydrogens (tertiary/aromatic N) is 1. The Hall–Kier alpha value is -3.28. The Kier molecular flexibility index (Phi) is 4.77. The Labute approximate surface area is 161 Å². The molecule has 1 aromatic heterocycles. The molecule has 28 heavy (non-hydrogen) atoms. The van der Waals surface area contributed by atoms with Crippen LogP contribution in [0.2, 0.25) is 0 Å². The summed E-state index contributed by atoms with van der Waals surface area (Å²) >= 11 is 0. The number of carbonyl (C=O) groups is 2. The lowest BCUT2D eigenvalue weighted by Gasteiger charge is -2.16. The molecule has 1 amide bonds. The van der Waals surface area contributed by atoms with Crippen molar-refractivity contribution in [1.29, 1.82) is 0 Å². The molecular formula is C22H19FN2O3. The molecule has 6 heteroatoms. The van der Waals surface area contributed by atoms with Gasteiger partial charge in [-0.15, -0.1) is 0 Å². The highest BCUT2D eigenvalue weighted by Gasteiger charge is 2.27. The van der Waals surface area contributed by atoms with Crippen molar-refractivity contribution in [2.75, 3.05) is 5.32 Å². The number of fused-ring (bicyclic) bond motifs is 2. The number of carbonyl (C=O) groups excluding carboxylic acids is 2. The van der Waals surface area contributed by atoms with Crippen LogP contribution in [-0.4, -0.2) is 23.0 Å². The molecule has 0 bridgehead atoms. The molecule has 2 aromatic carbocycles. The van der Waals surface area contributed by atoms with Crippen LogP contribution in [0.5, 0.6) is 0 Å². The third-order valence-corrected chi connectivity index (χ3v) is 4.87. The second-order valence-electron chi connectivity index (χ2n) is 6.83. The van der Waals surface area contributed by atoms with Crippen LogP contribution in [0.25, 0.3) is 10.9 Å². The molecule has 0 spiro atoms. The molecule has 1 aliphatic carbocycles. The third kappa shape index (κ3) is 3.45. The molecule has 0 saturated carbocycles. The lowest BCUT2D eigenvalue weighted by Crippen LogP contribution is -2.30. The fraction of sp³-hybridized carbons (Fsp3) is 0.227. The highest BCUT2D eigenvalue weighted by atomic mass is 19.1. The lowest BCUT2D eigenvalue weighted by atomic mass is 10.0. The van der Waals surface area contributed by atoms with Gasteiger partial charge in [-0.05, 0) is 56.0 Å². The van der Waals surface area contributed by atoms with Gasteiger partial charge in [0.2, 0.25) is 0 Å². The van der Waals surface area contributed by atoms with E-state index in [-0.39, 0.29) is 0 Å². The molecule has 0 unspecified atom stereocenters. The summed E-state index contributed by atoms with van der Waals surface area (Å²) < 4.78 is 18.7. The average Bonchev–Trinajstić information content (AvgIpc) is 3.13. The first kappa shape index (κ1) is 18.1. The smallest absolute Gasteiger partial charge is 0.339 e. The van der Waals surface area contributed by atoms with E-state index in [1.807, 2.05) is 24.3 Å². The molecule has 0 saturated heterocycles. The number of esters is 1. The monoisotopic (exact) mass is 378 g/mol. The molecule has 1 N–H and O–H groups in total. The van der Waals surface area contributed by atoms with Crippen LogP contribution in [0.3, 0.4) is 0 Å². The highest BCUT2D eigenvalue weighted by Crippen LogP contribution is 2.30. The summed E-state index contributed by atoms with van der Waals surface area (Å²) in [4.78, 5) is 30.0. The quantitative estimate of drug-likeness (QED) is 0.696. The van der Waals surface area contributed by atoms with Gasteiger partial charge in [-0.25, -0.2) is 9.18 Å². The van der Waals surface area contributed by atoms with Crippen LogP contribution in [0.4, 0.5) is 10.1 Å². The molecule has 0 radical (unpaired) electrons. The zero-order chi connectivity index (χ0) is 19.7. The van der Waals surface area contributed by atoms with E-state index in [0.717, 1.165) is 41.4 Å². The number of benzene rings is 2. The van der Waals surface area contributed by atoms with E-state index in [1.54, 1.807) is 6.07 Å². The molecule has 4 rings (SSSR count). The van der Waals surface area contributed by atoms with Gasteiger partial charge in [0.05, 0.1) is 11.1 Å². The number of nitrogens with one attached hydrogen (secondary N) is 1. The Bertz CT molecular complexity index is 1080.